The van der Waals surface area contributed by atoms with E-state index in [0.29, 0.717) is 0 Å². The van der Waals surface area contributed by atoms with Crippen molar-refractivity contribution in [1.29, 1.82) is 5.41 Å². The zero-order chi connectivity index (χ0) is 13.1. The lowest BCUT2D eigenvalue weighted by Crippen LogP contribution is -2.11. The molecule has 1 aromatic heterocycles. The maximum atomic E-state index is 7.40. The van der Waals surface area contributed by atoms with Gasteiger partial charge in [0.2, 0.25) is 0 Å². The Labute approximate surface area is 111 Å². The van der Waals surface area contributed by atoms with Crippen molar-refractivity contribution in [2.45, 2.75) is 17.6 Å². The minimum absolute atomic E-state index is 0.115. The van der Waals surface area contributed by atoms with Crippen LogP contribution >= 0.6 is 11.8 Å². The average Bonchev–Trinajstić information content (AvgIpc) is 2.73. The number of thioether (sulfide) groups is 1. The van der Waals surface area contributed by atoms with Crippen molar-refractivity contribution in [1.82, 2.24) is 9.78 Å². The number of benzene rings is 1. The Morgan fingerprint density at radius 3 is 2.83 bits per heavy atom. The van der Waals surface area contributed by atoms with Crippen LogP contribution in [-0.2, 0) is 12.8 Å². The highest BCUT2D eigenvalue weighted by molar-refractivity contribution is 7.98. The number of nitrogen functional groups attached to an aromatic ring is 1. The quantitative estimate of drug-likeness (QED) is 0.503. The van der Waals surface area contributed by atoms with Crippen LogP contribution in [0.15, 0.2) is 35.5 Å². The van der Waals surface area contributed by atoms with E-state index in [4.69, 9.17) is 11.1 Å². The Hall–Kier alpha value is -1.75. The lowest BCUT2D eigenvalue weighted by molar-refractivity contribution is 0.766. The second-order valence-electron chi connectivity index (χ2n) is 4.19. The van der Waals surface area contributed by atoms with E-state index in [1.54, 1.807) is 16.4 Å². The van der Waals surface area contributed by atoms with Gasteiger partial charge in [0.15, 0.2) is 0 Å². The zero-order valence-electron chi connectivity index (χ0n) is 10.5. The molecule has 0 radical (unpaired) electrons. The molecule has 0 fully saturated rings. The number of rotatable bonds is 4. The summed E-state index contributed by atoms with van der Waals surface area (Å²) >= 11 is 1.75. The second-order valence-corrected chi connectivity index (χ2v) is 5.24. The van der Waals surface area contributed by atoms with Gasteiger partial charge in [0, 0.05) is 29.5 Å². The summed E-state index contributed by atoms with van der Waals surface area (Å²) in [5.41, 5.74) is 8.67. The molecule has 0 spiro atoms. The van der Waals surface area contributed by atoms with Gasteiger partial charge in [0.25, 0.3) is 0 Å². The summed E-state index contributed by atoms with van der Waals surface area (Å²) in [6.07, 6.45) is 3.87. The third-order valence-electron chi connectivity index (χ3n) is 2.73. The minimum Gasteiger partial charge on any atom is -0.384 e. The number of amidine groups is 1. The second kappa shape index (κ2) is 5.27. The SMILES string of the molecule is Cc1cc(C(=N)N)ccc1CSc1cnn(C)c1. The van der Waals surface area contributed by atoms with E-state index >= 15 is 0 Å². The van der Waals surface area contributed by atoms with E-state index in [-0.39, 0.29) is 5.84 Å². The van der Waals surface area contributed by atoms with Gasteiger partial charge in [0.05, 0.1) is 6.20 Å². The van der Waals surface area contributed by atoms with E-state index in [1.165, 1.54) is 11.1 Å². The molecule has 4 nitrogen and oxygen atoms in total. The highest BCUT2D eigenvalue weighted by atomic mass is 32.2. The average molecular weight is 260 g/mol. The molecular formula is C13H16N4S. The number of nitrogens with one attached hydrogen (secondary N) is 1. The van der Waals surface area contributed by atoms with Crippen LogP contribution in [0.5, 0.6) is 0 Å². The number of aromatic nitrogens is 2. The maximum Gasteiger partial charge on any atom is 0.122 e. The van der Waals surface area contributed by atoms with Gasteiger partial charge in [0.1, 0.15) is 5.84 Å². The van der Waals surface area contributed by atoms with E-state index in [1.807, 2.05) is 44.6 Å². The Kier molecular flexibility index (Phi) is 3.72. The van der Waals surface area contributed by atoms with Crippen LogP contribution in [0.3, 0.4) is 0 Å². The van der Waals surface area contributed by atoms with Gasteiger partial charge in [-0.25, -0.2) is 0 Å². The van der Waals surface area contributed by atoms with E-state index in [0.717, 1.165) is 16.2 Å². The Bertz CT molecular complexity index is 574. The van der Waals surface area contributed by atoms with Crippen LogP contribution in [0.4, 0.5) is 0 Å². The van der Waals surface area contributed by atoms with Crippen molar-refractivity contribution < 1.29 is 0 Å². The van der Waals surface area contributed by atoms with Crippen LogP contribution in [-0.4, -0.2) is 15.6 Å². The molecule has 0 amide bonds. The van der Waals surface area contributed by atoms with Crippen molar-refractivity contribution in [2.24, 2.45) is 12.8 Å². The van der Waals surface area contributed by atoms with Crippen LogP contribution in [0, 0.1) is 12.3 Å². The summed E-state index contributed by atoms with van der Waals surface area (Å²) in [6.45, 7) is 2.05. The van der Waals surface area contributed by atoms with Gasteiger partial charge >= 0.3 is 0 Å². The number of hydrogen-bond donors (Lipinski definition) is 2. The van der Waals surface area contributed by atoms with Gasteiger partial charge in [-0.2, -0.15) is 5.10 Å². The molecule has 5 heteroatoms. The van der Waals surface area contributed by atoms with Crippen molar-refractivity contribution in [3.05, 3.63) is 47.3 Å². The van der Waals surface area contributed by atoms with Gasteiger partial charge < -0.3 is 5.73 Å². The lowest BCUT2D eigenvalue weighted by Gasteiger charge is -2.07. The van der Waals surface area contributed by atoms with Crippen LogP contribution in [0.1, 0.15) is 16.7 Å². The first-order chi connectivity index (χ1) is 8.56. The third kappa shape index (κ3) is 2.92. The summed E-state index contributed by atoms with van der Waals surface area (Å²) < 4.78 is 1.80. The smallest absolute Gasteiger partial charge is 0.122 e. The van der Waals surface area contributed by atoms with Crippen molar-refractivity contribution in [3.8, 4) is 0 Å². The molecule has 0 bridgehead atoms. The fourth-order valence-electron chi connectivity index (χ4n) is 1.66. The van der Waals surface area contributed by atoms with E-state index in [9.17, 15) is 0 Å². The molecule has 94 valence electrons. The molecular weight excluding hydrogens is 244 g/mol. The van der Waals surface area contributed by atoms with Crippen molar-refractivity contribution >= 4 is 17.6 Å². The van der Waals surface area contributed by atoms with Gasteiger partial charge in [-0.3, -0.25) is 10.1 Å². The molecule has 0 saturated heterocycles. The normalized spacial score (nSPS) is 10.6. The molecule has 0 saturated carbocycles. The van der Waals surface area contributed by atoms with Crippen molar-refractivity contribution in [2.75, 3.05) is 0 Å². The highest BCUT2D eigenvalue weighted by Gasteiger charge is 2.04. The predicted molar refractivity (Wildman–Crippen MR) is 75.0 cm³/mol. The number of nitrogens with zero attached hydrogens (tertiary/aromatic N) is 2. The van der Waals surface area contributed by atoms with Gasteiger partial charge in [-0.15, -0.1) is 11.8 Å². The van der Waals surface area contributed by atoms with Gasteiger partial charge in [-0.05, 0) is 24.1 Å². The first-order valence-corrected chi connectivity index (χ1v) is 6.60. The summed E-state index contributed by atoms with van der Waals surface area (Å²) in [4.78, 5) is 1.16. The molecule has 1 aromatic carbocycles. The van der Waals surface area contributed by atoms with E-state index in [2.05, 4.69) is 5.10 Å². The van der Waals surface area contributed by atoms with E-state index < -0.39 is 0 Å². The number of nitrogens with two attached hydrogens (primary N) is 1. The molecule has 1 heterocycles. The highest BCUT2D eigenvalue weighted by Crippen LogP contribution is 2.24. The Morgan fingerprint density at radius 1 is 1.50 bits per heavy atom. The lowest BCUT2D eigenvalue weighted by atomic mass is 10.1. The standard InChI is InChI=1S/C13H16N4S/c1-9-5-10(13(14)15)3-4-11(9)8-18-12-6-16-17(2)7-12/h3-7H,8H2,1-2H3,(H3,14,15). The van der Waals surface area contributed by atoms with Crippen LogP contribution in [0.25, 0.3) is 0 Å². The van der Waals surface area contributed by atoms with Crippen molar-refractivity contribution in [3.63, 3.8) is 0 Å². The monoisotopic (exact) mass is 260 g/mol. The summed E-state index contributed by atoms with van der Waals surface area (Å²) in [7, 11) is 1.91. The molecule has 0 atom stereocenters. The topological polar surface area (TPSA) is 67.7 Å². The fourth-order valence-corrected chi connectivity index (χ4v) is 2.65. The summed E-state index contributed by atoms with van der Waals surface area (Å²) in [5, 5.41) is 11.5. The molecule has 18 heavy (non-hydrogen) atoms. The number of aryl methyl sites for hydroxylation is 2. The minimum atomic E-state index is 0.115. The first-order valence-electron chi connectivity index (χ1n) is 5.61. The first kappa shape index (κ1) is 12.7. The third-order valence-corrected chi connectivity index (χ3v) is 3.73. The van der Waals surface area contributed by atoms with Crippen LogP contribution in [0.2, 0.25) is 0 Å². The molecule has 0 aliphatic heterocycles. The summed E-state index contributed by atoms with van der Waals surface area (Å²) in [5.74, 6) is 1.01. The fraction of sp³-hybridized carbons (Fsp3) is 0.231. The van der Waals surface area contributed by atoms with Gasteiger partial charge in [-0.1, -0.05) is 12.1 Å². The Morgan fingerprint density at radius 2 is 2.28 bits per heavy atom. The number of hydrogen-bond acceptors (Lipinski definition) is 3. The summed E-state index contributed by atoms with van der Waals surface area (Å²) in [6, 6.07) is 5.89. The zero-order valence-corrected chi connectivity index (χ0v) is 11.3. The molecule has 2 aromatic rings. The largest absolute Gasteiger partial charge is 0.384 e. The molecule has 0 aliphatic carbocycles. The molecule has 2 rings (SSSR count). The Balaban J connectivity index is 2.08. The molecule has 0 aliphatic rings. The maximum absolute atomic E-state index is 7.40. The molecule has 0 unspecified atom stereocenters. The predicted octanol–water partition coefficient (Wildman–Crippen LogP) is 2.30. The van der Waals surface area contributed by atoms with Crippen LogP contribution < -0.4 is 5.73 Å². The molecule has 3 N–H and O–H groups in total.